The number of carbonyl (C=O) groups is 1. The van der Waals surface area contributed by atoms with Crippen LogP contribution < -0.4 is 11.1 Å². The zero-order chi connectivity index (χ0) is 12.8. The van der Waals surface area contributed by atoms with E-state index in [9.17, 15) is 4.79 Å². The second-order valence-electron chi connectivity index (χ2n) is 6.38. The highest BCUT2D eigenvalue weighted by molar-refractivity contribution is 5.75. The summed E-state index contributed by atoms with van der Waals surface area (Å²) in [6, 6.07) is 0. The highest BCUT2D eigenvalue weighted by atomic mass is 16.1. The lowest BCUT2D eigenvalue weighted by Crippen LogP contribution is -2.46. The van der Waals surface area contributed by atoms with Crippen molar-refractivity contribution in [3.63, 3.8) is 0 Å². The largest absolute Gasteiger partial charge is 0.355 e. The first kappa shape index (κ1) is 13.9. The molecule has 0 spiro atoms. The van der Waals surface area contributed by atoms with Crippen molar-refractivity contribution in [1.29, 1.82) is 0 Å². The Morgan fingerprint density at radius 3 is 2.44 bits per heavy atom. The molecule has 18 heavy (non-hydrogen) atoms. The summed E-state index contributed by atoms with van der Waals surface area (Å²) in [5.74, 6) is 1.04. The maximum Gasteiger partial charge on any atom is 0.220 e. The van der Waals surface area contributed by atoms with Crippen molar-refractivity contribution >= 4 is 5.91 Å². The summed E-state index contributed by atoms with van der Waals surface area (Å²) in [4.78, 5) is 11.8. The second-order valence-corrected chi connectivity index (χ2v) is 6.38. The number of nitrogens with one attached hydrogen (secondary N) is 1. The van der Waals surface area contributed by atoms with Gasteiger partial charge in [0.1, 0.15) is 0 Å². The normalized spacial score (nSPS) is 23.4. The van der Waals surface area contributed by atoms with Crippen molar-refractivity contribution in [2.24, 2.45) is 17.1 Å². The van der Waals surface area contributed by atoms with Gasteiger partial charge in [-0.2, -0.15) is 0 Å². The molecule has 2 rings (SSSR count). The van der Waals surface area contributed by atoms with Gasteiger partial charge in [0.2, 0.25) is 5.91 Å². The molecule has 2 fully saturated rings. The molecular formula is C15H28N2O. The molecule has 2 saturated carbocycles. The lowest BCUT2D eigenvalue weighted by atomic mass is 9.69. The van der Waals surface area contributed by atoms with Gasteiger partial charge >= 0.3 is 0 Å². The van der Waals surface area contributed by atoms with Crippen molar-refractivity contribution < 1.29 is 4.79 Å². The van der Waals surface area contributed by atoms with E-state index in [0.29, 0.717) is 6.42 Å². The molecule has 0 heterocycles. The Morgan fingerprint density at radius 2 is 1.89 bits per heavy atom. The Bertz CT molecular complexity index is 262. The minimum Gasteiger partial charge on any atom is -0.355 e. The van der Waals surface area contributed by atoms with Crippen molar-refractivity contribution in [2.45, 2.75) is 64.2 Å². The molecule has 0 aromatic rings. The molecule has 3 heteroatoms. The van der Waals surface area contributed by atoms with Gasteiger partial charge in [-0.3, -0.25) is 4.79 Å². The molecule has 0 atom stereocenters. The summed E-state index contributed by atoms with van der Waals surface area (Å²) in [6.45, 7) is 1.52. The monoisotopic (exact) mass is 252 g/mol. The molecule has 0 aliphatic heterocycles. The van der Waals surface area contributed by atoms with Gasteiger partial charge in [-0.05, 0) is 37.1 Å². The molecule has 0 aromatic heterocycles. The SMILES string of the molecule is NCC1(CNC(=O)CCC2CCCCC2)CCC1. The third kappa shape index (κ3) is 3.71. The van der Waals surface area contributed by atoms with Crippen molar-refractivity contribution in [3.8, 4) is 0 Å². The lowest BCUT2D eigenvalue weighted by Gasteiger charge is -2.41. The van der Waals surface area contributed by atoms with Crippen LogP contribution in [0, 0.1) is 11.3 Å². The van der Waals surface area contributed by atoms with Crippen LogP contribution in [-0.2, 0) is 4.79 Å². The van der Waals surface area contributed by atoms with E-state index in [1.165, 1.54) is 51.4 Å². The van der Waals surface area contributed by atoms with Gasteiger partial charge in [0.25, 0.3) is 0 Å². The Morgan fingerprint density at radius 1 is 1.17 bits per heavy atom. The molecule has 104 valence electrons. The van der Waals surface area contributed by atoms with Gasteiger partial charge in [-0.15, -0.1) is 0 Å². The number of nitrogens with two attached hydrogens (primary N) is 1. The zero-order valence-corrected chi connectivity index (χ0v) is 11.5. The molecule has 3 nitrogen and oxygen atoms in total. The summed E-state index contributed by atoms with van der Waals surface area (Å²) in [5, 5.41) is 3.10. The first-order valence-electron chi connectivity index (χ1n) is 7.71. The van der Waals surface area contributed by atoms with Crippen LogP contribution in [0.25, 0.3) is 0 Å². The Kier molecular flexibility index (Phi) is 5.04. The number of hydrogen-bond acceptors (Lipinski definition) is 2. The van der Waals surface area contributed by atoms with E-state index >= 15 is 0 Å². The smallest absolute Gasteiger partial charge is 0.220 e. The quantitative estimate of drug-likeness (QED) is 0.763. The third-order valence-electron chi connectivity index (χ3n) is 5.01. The molecular weight excluding hydrogens is 224 g/mol. The fraction of sp³-hybridized carbons (Fsp3) is 0.933. The maximum atomic E-state index is 11.8. The standard InChI is InChI=1S/C15H28N2O/c16-11-15(9-4-10-15)12-17-14(18)8-7-13-5-2-1-3-6-13/h13H,1-12,16H2,(H,17,18). The average Bonchev–Trinajstić information content (AvgIpc) is 2.37. The fourth-order valence-corrected chi connectivity index (χ4v) is 3.32. The van der Waals surface area contributed by atoms with E-state index in [1.807, 2.05) is 0 Å². The van der Waals surface area contributed by atoms with Crippen LogP contribution in [0.2, 0.25) is 0 Å². The van der Waals surface area contributed by atoms with E-state index in [4.69, 9.17) is 5.73 Å². The molecule has 0 aromatic carbocycles. The topological polar surface area (TPSA) is 55.1 Å². The van der Waals surface area contributed by atoms with E-state index in [0.717, 1.165) is 25.4 Å². The molecule has 3 N–H and O–H groups in total. The Balaban J connectivity index is 1.59. The first-order valence-corrected chi connectivity index (χ1v) is 7.71. The first-order chi connectivity index (χ1) is 8.74. The highest BCUT2D eigenvalue weighted by Gasteiger charge is 2.35. The molecule has 2 aliphatic carbocycles. The molecule has 2 aliphatic rings. The summed E-state index contributed by atoms with van der Waals surface area (Å²) in [7, 11) is 0. The van der Waals surface area contributed by atoms with Gasteiger partial charge < -0.3 is 11.1 Å². The number of rotatable bonds is 6. The fourth-order valence-electron chi connectivity index (χ4n) is 3.32. The summed E-state index contributed by atoms with van der Waals surface area (Å²) < 4.78 is 0. The zero-order valence-electron chi connectivity index (χ0n) is 11.5. The van der Waals surface area contributed by atoms with Gasteiger partial charge in [-0.1, -0.05) is 38.5 Å². The lowest BCUT2D eigenvalue weighted by molar-refractivity contribution is -0.122. The molecule has 1 amide bonds. The molecule has 0 unspecified atom stereocenters. The number of hydrogen-bond donors (Lipinski definition) is 2. The summed E-state index contributed by atoms with van der Waals surface area (Å²) >= 11 is 0. The van der Waals surface area contributed by atoms with Crippen molar-refractivity contribution in [3.05, 3.63) is 0 Å². The van der Waals surface area contributed by atoms with E-state index in [1.54, 1.807) is 0 Å². The Labute approximate surface area is 111 Å². The van der Waals surface area contributed by atoms with Gasteiger partial charge in [-0.25, -0.2) is 0 Å². The summed E-state index contributed by atoms with van der Waals surface area (Å²) in [6.07, 6.45) is 12.2. The average molecular weight is 252 g/mol. The Hall–Kier alpha value is -0.570. The maximum absolute atomic E-state index is 11.8. The van der Waals surface area contributed by atoms with Gasteiger partial charge in [0.05, 0.1) is 0 Å². The van der Waals surface area contributed by atoms with Gasteiger partial charge in [0.15, 0.2) is 0 Å². The predicted octanol–water partition coefficient (Wildman–Crippen LogP) is 2.59. The highest BCUT2D eigenvalue weighted by Crippen LogP contribution is 2.39. The minimum absolute atomic E-state index is 0.236. The number of amides is 1. The van der Waals surface area contributed by atoms with Crippen LogP contribution in [0.5, 0.6) is 0 Å². The van der Waals surface area contributed by atoms with E-state index in [-0.39, 0.29) is 11.3 Å². The van der Waals surface area contributed by atoms with Crippen LogP contribution >= 0.6 is 0 Å². The minimum atomic E-state index is 0.236. The van der Waals surface area contributed by atoms with E-state index < -0.39 is 0 Å². The van der Waals surface area contributed by atoms with Crippen LogP contribution in [-0.4, -0.2) is 19.0 Å². The summed E-state index contributed by atoms with van der Waals surface area (Å²) in [5.41, 5.74) is 6.03. The molecule has 0 bridgehead atoms. The van der Waals surface area contributed by atoms with Crippen LogP contribution in [0.15, 0.2) is 0 Å². The van der Waals surface area contributed by atoms with Crippen LogP contribution in [0.1, 0.15) is 64.2 Å². The number of carbonyl (C=O) groups excluding carboxylic acids is 1. The predicted molar refractivity (Wildman–Crippen MR) is 74.2 cm³/mol. The van der Waals surface area contributed by atoms with Crippen molar-refractivity contribution in [1.82, 2.24) is 5.32 Å². The molecule has 0 saturated heterocycles. The van der Waals surface area contributed by atoms with E-state index in [2.05, 4.69) is 5.32 Å². The van der Waals surface area contributed by atoms with Crippen LogP contribution in [0.4, 0.5) is 0 Å². The molecule has 0 radical (unpaired) electrons. The van der Waals surface area contributed by atoms with Gasteiger partial charge in [0, 0.05) is 13.0 Å². The third-order valence-corrected chi connectivity index (χ3v) is 5.01. The van der Waals surface area contributed by atoms with Crippen LogP contribution in [0.3, 0.4) is 0 Å². The van der Waals surface area contributed by atoms with Crippen molar-refractivity contribution in [2.75, 3.05) is 13.1 Å². The second kappa shape index (κ2) is 6.55.